The Morgan fingerprint density at radius 2 is 2.29 bits per heavy atom. The van der Waals surface area contributed by atoms with Crippen molar-refractivity contribution in [3.8, 4) is 0 Å². The van der Waals surface area contributed by atoms with Crippen LogP contribution in [0.15, 0.2) is 28.7 Å². The van der Waals surface area contributed by atoms with E-state index < -0.39 is 0 Å². The Labute approximate surface area is 101 Å². The molecule has 1 heterocycles. The van der Waals surface area contributed by atoms with Gasteiger partial charge in [-0.3, -0.25) is 0 Å². The summed E-state index contributed by atoms with van der Waals surface area (Å²) in [6.07, 6.45) is 6.45. The van der Waals surface area contributed by atoms with Crippen LogP contribution in [-0.4, -0.2) is 34.1 Å². The second-order valence-electron chi connectivity index (χ2n) is 3.60. The summed E-state index contributed by atoms with van der Waals surface area (Å²) >= 11 is 0. The zero-order valence-corrected chi connectivity index (χ0v) is 10.5. The van der Waals surface area contributed by atoms with Gasteiger partial charge in [-0.15, -0.1) is 10.2 Å². The van der Waals surface area contributed by atoms with E-state index in [2.05, 4.69) is 20.3 Å². The number of allylic oxidation sites excluding steroid dienone is 2. The van der Waals surface area contributed by atoms with Crippen molar-refractivity contribution in [2.75, 3.05) is 7.11 Å². The van der Waals surface area contributed by atoms with Gasteiger partial charge in [-0.1, -0.05) is 19.9 Å². The first kappa shape index (κ1) is 13.1. The molecule has 0 spiro atoms. The molecule has 0 bridgehead atoms. The minimum Gasteiger partial charge on any atom is -0.485 e. The average Bonchev–Trinajstić information content (AvgIpc) is 2.77. The maximum absolute atomic E-state index is 4.70. The van der Waals surface area contributed by atoms with Crippen molar-refractivity contribution in [3.05, 3.63) is 24.3 Å². The van der Waals surface area contributed by atoms with Gasteiger partial charge >= 0.3 is 0 Å². The van der Waals surface area contributed by atoms with Gasteiger partial charge < -0.3 is 4.74 Å². The molecule has 0 atom stereocenters. The van der Waals surface area contributed by atoms with Crippen LogP contribution in [0, 0.1) is 0 Å². The second kappa shape index (κ2) is 6.57. The fourth-order valence-electron chi connectivity index (χ4n) is 1.25. The lowest BCUT2D eigenvalue weighted by molar-refractivity contribution is 0.421. The van der Waals surface area contributed by atoms with Crippen LogP contribution < -0.4 is 0 Å². The highest BCUT2D eigenvalue weighted by Crippen LogP contribution is 2.10. The summed E-state index contributed by atoms with van der Waals surface area (Å²) < 4.78 is 6.36. The fourth-order valence-corrected chi connectivity index (χ4v) is 1.25. The van der Waals surface area contributed by atoms with Crippen LogP contribution in [0.4, 0.5) is 0 Å². The predicted molar refractivity (Wildman–Crippen MR) is 67.3 cm³/mol. The Bertz CT molecular complexity index is 431. The highest BCUT2D eigenvalue weighted by molar-refractivity contribution is 5.94. The molecule has 6 heteroatoms. The smallest absolute Gasteiger partial charge is 0.194 e. The van der Waals surface area contributed by atoms with Crippen LogP contribution in [-0.2, 0) is 4.74 Å². The first-order valence-electron chi connectivity index (χ1n) is 5.36. The molecule has 17 heavy (non-hydrogen) atoms. The van der Waals surface area contributed by atoms with Gasteiger partial charge in [0.15, 0.2) is 12.2 Å². The molecule has 1 aromatic heterocycles. The number of hydrogen-bond donors (Lipinski definition) is 0. The monoisotopic (exact) mass is 235 g/mol. The summed E-state index contributed by atoms with van der Waals surface area (Å²) in [5, 5.41) is 11.9. The average molecular weight is 235 g/mol. The molecule has 0 amide bonds. The SMILES string of the molecule is C\C=C/C(=N\N=C\OC)n1ncnc1C(C)C. The van der Waals surface area contributed by atoms with Crippen molar-refractivity contribution < 1.29 is 4.74 Å². The molecule has 0 aliphatic rings. The van der Waals surface area contributed by atoms with E-state index >= 15 is 0 Å². The van der Waals surface area contributed by atoms with Crippen molar-refractivity contribution >= 4 is 12.2 Å². The van der Waals surface area contributed by atoms with Crippen LogP contribution in [0.5, 0.6) is 0 Å². The molecule has 1 aromatic rings. The molecule has 0 aliphatic heterocycles. The molecule has 0 unspecified atom stereocenters. The largest absolute Gasteiger partial charge is 0.485 e. The number of rotatable bonds is 4. The molecular formula is C11H17N5O. The van der Waals surface area contributed by atoms with Gasteiger partial charge in [-0.25, -0.2) is 4.98 Å². The zero-order valence-electron chi connectivity index (χ0n) is 10.5. The molecule has 6 nitrogen and oxygen atoms in total. The Morgan fingerprint density at radius 1 is 1.53 bits per heavy atom. The van der Waals surface area contributed by atoms with E-state index in [1.54, 1.807) is 4.68 Å². The first-order valence-corrected chi connectivity index (χ1v) is 5.36. The second-order valence-corrected chi connectivity index (χ2v) is 3.60. The number of hydrogen-bond acceptors (Lipinski definition) is 5. The Balaban J connectivity index is 3.09. The third-order valence-electron chi connectivity index (χ3n) is 1.94. The predicted octanol–water partition coefficient (Wildman–Crippen LogP) is 1.81. The lowest BCUT2D eigenvalue weighted by Gasteiger charge is -2.06. The molecule has 0 aliphatic carbocycles. The van der Waals surface area contributed by atoms with Crippen LogP contribution >= 0.6 is 0 Å². The van der Waals surface area contributed by atoms with E-state index in [1.807, 2.05) is 32.9 Å². The fraction of sp³-hybridized carbons (Fsp3) is 0.455. The normalized spacial score (nSPS) is 13.1. The zero-order chi connectivity index (χ0) is 12.7. The maximum Gasteiger partial charge on any atom is 0.194 e. The van der Waals surface area contributed by atoms with Crippen LogP contribution in [0.25, 0.3) is 0 Å². The lowest BCUT2D eigenvalue weighted by atomic mass is 10.2. The summed E-state index contributed by atoms with van der Waals surface area (Å²) in [4.78, 5) is 4.20. The van der Waals surface area contributed by atoms with Crippen LogP contribution in [0.3, 0.4) is 0 Å². The van der Waals surface area contributed by atoms with Crippen LogP contribution in [0.1, 0.15) is 32.5 Å². The number of nitrogens with zero attached hydrogens (tertiary/aromatic N) is 5. The van der Waals surface area contributed by atoms with Gasteiger partial charge in [0, 0.05) is 5.92 Å². The van der Waals surface area contributed by atoms with E-state index in [0.717, 1.165) is 5.82 Å². The molecule has 0 fully saturated rings. The van der Waals surface area contributed by atoms with Gasteiger partial charge in [0.25, 0.3) is 0 Å². The standard InChI is InChI=1S/C11H17N5O/c1-5-6-10(15-13-8-17-4)16-11(9(2)3)12-7-14-16/h5-9H,1-4H3/b6-5-,13-8+,15-10+. The van der Waals surface area contributed by atoms with Gasteiger partial charge in [-0.2, -0.15) is 9.78 Å². The van der Waals surface area contributed by atoms with Gasteiger partial charge in [0.2, 0.25) is 0 Å². The van der Waals surface area contributed by atoms with Gasteiger partial charge in [0.1, 0.15) is 12.2 Å². The Kier molecular flexibility index (Phi) is 5.06. The molecule has 0 saturated carbocycles. The summed E-state index contributed by atoms with van der Waals surface area (Å²) in [5.74, 6) is 1.70. The summed E-state index contributed by atoms with van der Waals surface area (Å²) in [6.45, 7) is 6.00. The minimum atomic E-state index is 0.263. The summed E-state index contributed by atoms with van der Waals surface area (Å²) in [6, 6.07) is 0. The van der Waals surface area contributed by atoms with Crippen molar-refractivity contribution in [3.63, 3.8) is 0 Å². The van der Waals surface area contributed by atoms with Crippen molar-refractivity contribution in [1.82, 2.24) is 14.8 Å². The molecule has 1 rings (SSSR count). The topological polar surface area (TPSA) is 64.7 Å². The number of ether oxygens (including phenoxy) is 1. The van der Waals surface area contributed by atoms with E-state index in [-0.39, 0.29) is 5.92 Å². The first-order chi connectivity index (χ1) is 8.20. The Hall–Kier alpha value is -1.98. The van der Waals surface area contributed by atoms with Crippen molar-refractivity contribution in [2.24, 2.45) is 10.2 Å². The molecule has 92 valence electrons. The number of aromatic nitrogens is 3. The number of methoxy groups -OCH3 is 1. The van der Waals surface area contributed by atoms with E-state index in [9.17, 15) is 0 Å². The molecule has 0 radical (unpaired) electrons. The molecule has 0 aromatic carbocycles. The van der Waals surface area contributed by atoms with Gasteiger partial charge in [0.05, 0.1) is 7.11 Å². The quantitative estimate of drug-likeness (QED) is 0.454. The third-order valence-corrected chi connectivity index (χ3v) is 1.94. The van der Waals surface area contributed by atoms with E-state index in [4.69, 9.17) is 4.74 Å². The molecule has 0 saturated heterocycles. The lowest BCUT2D eigenvalue weighted by Crippen LogP contribution is -2.15. The summed E-state index contributed by atoms with van der Waals surface area (Å²) in [7, 11) is 1.52. The van der Waals surface area contributed by atoms with Crippen molar-refractivity contribution in [2.45, 2.75) is 26.7 Å². The maximum atomic E-state index is 4.70. The van der Waals surface area contributed by atoms with E-state index in [0.29, 0.717) is 5.84 Å². The van der Waals surface area contributed by atoms with Gasteiger partial charge in [-0.05, 0) is 13.0 Å². The third kappa shape index (κ3) is 3.51. The highest BCUT2D eigenvalue weighted by Gasteiger charge is 2.11. The van der Waals surface area contributed by atoms with E-state index in [1.165, 1.54) is 19.8 Å². The Morgan fingerprint density at radius 3 is 2.88 bits per heavy atom. The van der Waals surface area contributed by atoms with Crippen LogP contribution in [0.2, 0.25) is 0 Å². The highest BCUT2D eigenvalue weighted by atomic mass is 16.5. The minimum absolute atomic E-state index is 0.263. The van der Waals surface area contributed by atoms with Crippen molar-refractivity contribution in [1.29, 1.82) is 0 Å². The summed E-state index contributed by atoms with van der Waals surface area (Å²) in [5.41, 5.74) is 0. The molecular weight excluding hydrogens is 218 g/mol. The molecule has 0 N–H and O–H groups in total.